The molecule has 1 aliphatic rings. The Morgan fingerprint density at radius 1 is 1.33 bits per heavy atom. The summed E-state index contributed by atoms with van der Waals surface area (Å²) in [5.74, 6) is 1.44. The maximum absolute atomic E-state index is 12.5. The molecular formula is C18H28F3IN4O. The Kier molecular flexibility index (Phi) is 10.2. The van der Waals surface area contributed by atoms with Gasteiger partial charge in [0.1, 0.15) is 12.4 Å². The number of nitrogens with zero attached hydrogens (tertiary/aromatic N) is 2. The van der Waals surface area contributed by atoms with Crippen LogP contribution in [0.4, 0.5) is 13.2 Å². The van der Waals surface area contributed by atoms with Gasteiger partial charge >= 0.3 is 6.18 Å². The van der Waals surface area contributed by atoms with E-state index in [4.69, 9.17) is 4.74 Å². The van der Waals surface area contributed by atoms with Crippen LogP contribution in [0.2, 0.25) is 0 Å². The number of guanidine groups is 1. The van der Waals surface area contributed by atoms with Crippen LogP contribution in [-0.2, 0) is 0 Å². The number of aryl methyl sites for hydroxylation is 1. The van der Waals surface area contributed by atoms with Gasteiger partial charge in [-0.3, -0.25) is 4.90 Å². The summed E-state index contributed by atoms with van der Waals surface area (Å²) < 4.78 is 43.2. The number of halogens is 4. The molecule has 1 aromatic rings. The largest absolute Gasteiger partial charge is 0.491 e. The Labute approximate surface area is 175 Å². The smallest absolute Gasteiger partial charge is 0.401 e. The van der Waals surface area contributed by atoms with Crippen molar-refractivity contribution in [3.8, 4) is 5.75 Å². The summed E-state index contributed by atoms with van der Waals surface area (Å²) >= 11 is 0. The first-order valence-corrected chi connectivity index (χ1v) is 8.89. The van der Waals surface area contributed by atoms with E-state index in [0.29, 0.717) is 45.2 Å². The molecule has 1 aliphatic heterocycles. The summed E-state index contributed by atoms with van der Waals surface area (Å²) in [7, 11) is 0. The van der Waals surface area contributed by atoms with Crippen molar-refractivity contribution in [2.75, 3.05) is 39.3 Å². The number of rotatable bonds is 7. The van der Waals surface area contributed by atoms with Crippen LogP contribution in [0.25, 0.3) is 0 Å². The van der Waals surface area contributed by atoms with Gasteiger partial charge in [0.2, 0.25) is 0 Å². The number of hydrogen-bond donors (Lipinski definition) is 2. The van der Waals surface area contributed by atoms with Crippen LogP contribution < -0.4 is 15.4 Å². The molecule has 0 aromatic heterocycles. The SMILES string of the molecule is CCNC(=NCCOc1ccccc1C)NC1CCN(CC(F)(F)F)C1.I. The number of nitrogens with one attached hydrogen (secondary N) is 2. The van der Waals surface area contributed by atoms with Gasteiger partial charge in [-0.15, -0.1) is 24.0 Å². The van der Waals surface area contributed by atoms with Crippen molar-refractivity contribution >= 4 is 29.9 Å². The molecule has 0 radical (unpaired) electrons. The van der Waals surface area contributed by atoms with Crippen molar-refractivity contribution in [1.29, 1.82) is 0 Å². The lowest BCUT2D eigenvalue weighted by Gasteiger charge is -2.19. The standard InChI is InChI=1S/C18H27F3N4O.HI/c1-3-22-17(23-9-11-26-16-7-5-4-6-14(16)2)24-15-8-10-25(12-15)13-18(19,20)21;/h4-7,15H,3,8-13H2,1-2H3,(H2,22,23,24);1H. The molecule has 9 heteroatoms. The molecule has 0 amide bonds. The van der Waals surface area contributed by atoms with E-state index in [-0.39, 0.29) is 30.0 Å². The average Bonchev–Trinajstić information content (AvgIpc) is 2.98. The van der Waals surface area contributed by atoms with Crippen LogP contribution in [0, 0.1) is 6.92 Å². The van der Waals surface area contributed by atoms with Gasteiger partial charge in [-0.2, -0.15) is 13.2 Å². The molecule has 0 bridgehead atoms. The minimum absolute atomic E-state index is 0. The molecule has 2 rings (SSSR count). The quantitative estimate of drug-likeness (QED) is 0.262. The number of aliphatic imine (C=N–C) groups is 1. The summed E-state index contributed by atoms with van der Waals surface area (Å²) in [5, 5.41) is 6.34. The van der Waals surface area contributed by atoms with Gasteiger partial charge in [-0.1, -0.05) is 18.2 Å². The van der Waals surface area contributed by atoms with Crippen molar-refractivity contribution in [3.63, 3.8) is 0 Å². The fourth-order valence-corrected chi connectivity index (χ4v) is 2.89. The Morgan fingerprint density at radius 3 is 2.74 bits per heavy atom. The molecule has 1 unspecified atom stereocenters. The number of alkyl halides is 3. The van der Waals surface area contributed by atoms with E-state index in [1.54, 1.807) is 0 Å². The van der Waals surface area contributed by atoms with Gasteiger partial charge in [-0.25, -0.2) is 4.99 Å². The fourth-order valence-electron chi connectivity index (χ4n) is 2.89. The predicted molar refractivity (Wildman–Crippen MR) is 112 cm³/mol. The van der Waals surface area contributed by atoms with E-state index in [2.05, 4.69) is 15.6 Å². The maximum Gasteiger partial charge on any atom is 0.401 e. The number of hydrogen-bond acceptors (Lipinski definition) is 3. The van der Waals surface area contributed by atoms with Gasteiger partial charge < -0.3 is 15.4 Å². The monoisotopic (exact) mass is 500 g/mol. The van der Waals surface area contributed by atoms with E-state index in [9.17, 15) is 13.2 Å². The Bertz CT molecular complexity index is 598. The van der Waals surface area contributed by atoms with Crippen molar-refractivity contribution in [2.45, 2.75) is 32.5 Å². The van der Waals surface area contributed by atoms with Gasteiger partial charge in [0.05, 0.1) is 13.1 Å². The first-order chi connectivity index (χ1) is 12.4. The lowest BCUT2D eigenvalue weighted by Crippen LogP contribution is -2.45. The summed E-state index contributed by atoms with van der Waals surface area (Å²) in [5.41, 5.74) is 1.07. The Hall–Kier alpha value is -1.23. The number of benzene rings is 1. The molecule has 0 saturated carbocycles. The van der Waals surface area contributed by atoms with Gasteiger partial charge in [0.15, 0.2) is 5.96 Å². The lowest BCUT2D eigenvalue weighted by molar-refractivity contribution is -0.143. The zero-order chi connectivity index (χ0) is 19.0. The van der Waals surface area contributed by atoms with Gasteiger partial charge in [0.25, 0.3) is 0 Å². The van der Waals surface area contributed by atoms with Gasteiger partial charge in [0, 0.05) is 25.7 Å². The van der Waals surface area contributed by atoms with Crippen LogP contribution in [0.5, 0.6) is 5.75 Å². The predicted octanol–water partition coefficient (Wildman–Crippen LogP) is 3.18. The Balaban J connectivity index is 0.00000364. The normalized spacial score (nSPS) is 18.1. The zero-order valence-corrected chi connectivity index (χ0v) is 18.0. The third-order valence-electron chi connectivity index (χ3n) is 4.07. The molecule has 5 nitrogen and oxygen atoms in total. The third-order valence-corrected chi connectivity index (χ3v) is 4.07. The lowest BCUT2D eigenvalue weighted by atomic mass is 10.2. The highest BCUT2D eigenvalue weighted by atomic mass is 127. The summed E-state index contributed by atoms with van der Waals surface area (Å²) in [6, 6.07) is 7.74. The average molecular weight is 500 g/mol. The first kappa shape index (κ1) is 23.8. The number of likely N-dealkylation sites (tertiary alicyclic amines) is 1. The van der Waals surface area contributed by atoms with Crippen molar-refractivity contribution < 1.29 is 17.9 Å². The van der Waals surface area contributed by atoms with Crippen LogP contribution >= 0.6 is 24.0 Å². The molecular weight excluding hydrogens is 472 g/mol. The molecule has 1 atom stereocenters. The molecule has 2 N–H and O–H groups in total. The Morgan fingerprint density at radius 2 is 2.07 bits per heavy atom. The molecule has 154 valence electrons. The fraction of sp³-hybridized carbons (Fsp3) is 0.611. The summed E-state index contributed by atoms with van der Waals surface area (Å²) in [4.78, 5) is 5.87. The molecule has 1 saturated heterocycles. The number of ether oxygens (including phenoxy) is 1. The van der Waals surface area contributed by atoms with Crippen molar-refractivity contribution in [2.24, 2.45) is 4.99 Å². The maximum atomic E-state index is 12.5. The minimum atomic E-state index is -4.15. The van der Waals surface area contributed by atoms with Crippen molar-refractivity contribution in [1.82, 2.24) is 15.5 Å². The first-order valence-electron chi connectivity index (χ1n) is 8.89. The van der Waals surface area contributed by atoms with Gasteiger partial charge in [-0.05, 0) is 31.9 Å². The highest BCUT2D eigenvalue weighted by molar-refractivity contribution is 14.0. The number of para-hydroxylation sites is 1. The topological polar surface area (TPSA) is 48.9 Å². The van der Waals surface area contributed by atoms with Crippen molar-refractivity contribution in [3.05, 3.63) is 29.8 Å². The van der Waals surface area contributed by atoms with E-state index in [1.807, 2.05) is 38.1 Å². The summed E-state index contributed by atoms with van der Waals surface area (Å²) in [6.07, 6.45) is -3.49. The third kappa shape index (κ3) is 9.00. The highest BCUT2D eigenvalue weighted by Gasteiger charge is 2.34. The van der Waals surface area contributed by atoms with Crippen LogP contribution in [0.1, 0.15) is 18.9 Å². The van der Waals surface area contributed by atoms with Crippen LogP contribution in [0.15, 0.2) is 29.3 Å². The molecule has 1 heterocycles. The van der Waals surface area contributed by atoms with E-state index in [0.717, 1.165) is 11.3 Å². The second-order valence-corrected chi connectivity index (χ2v) is 6.35. The van der Waals surface area contributed by atoms with E-state index < -0.39 is 12.7 Å². The zero-order valence-electron chi connectivity index (χ0n) is 15.7. The highest BCUT2D eigenvalue weighted by Crippen LogP contribution is 2.20. The molecule has 1 fully saturated rings. The van der Waals surface area contributed by atoms with Crippen LogP contribution in [-0.4, -0.2) is 62.4 Å². The van der Waals surface area contributed by atoms with E-state index >= 15 is 0 Å². The van der Waals surface area contributed by atoms with Crippen LogP contribution in [0.3, 0.4) is 0 Å². The second-order valence-electron chi connectivity index (χ2n) is 6.35. The second kappa shape index (κ2) is 11.6. The molecule has 0 aliphatic carbocycles. The molecule has 1 aromatic carbocycles. The molecule has 0 spiro atoms. The minimum Gasteiger partial charge on any atom is -0.491 e. The van der Waals surface area contributed by atoms with E-state index in [1.165, 1.54) is 4.90 Å². The molecule has 27 heavy (non-hydrogen) atoms. The summed E-state index contributed by atoms with van der Waals surface area (Å²) in [6.45, 7) is 5.46.